The van der Waals surface area contributed by atoms with E-state index in [9.17, 15) is 10.1 Å². The van der Waals surface area contributed by atoms with Gasteiger partial charge >= 0.3 is 0 Å². The average Bonchev–Trinajstić information content (AvgIpc) is 2.82. The number of piperidine rings is 1. The van der Waals surface area contributed by atoms with Gasteiger partial charge in [-0.3, -0.25) is 4.79 Å². The Bertz CT molecular complexity index is 1260. The third-order valence-electron chi connectivity index (χ3n) is 6.43. The van der Waals surface area contributed by atoms with Crippen LogP contribution in [-0.4, -0.2) is 39.3 Å². The normalized spacial score (nSPS) is 20.4. The number of ether oxygens (including phenoxy) is 2. The number of rotatable bonds is 6. The van der Waals surface area contributed by atoms with Crippen LogP contribution in [-0.2, 0) is 7.05 Å². The van der Waals surface area contributed by atoms with Crippen LogP contribution in [0.4, 0.5) is 5.69 Å². The molecule has 3 atom stereocenters. The van der Waals surface area contributed by atoms with Gasteiger partial charge in [-0.05, 0) is 45.4 Å². The Hall–Kier alpha value is -3.60. The summed E-state index contributed by atoms with van der Waals surface area (Å²) in [7, 11) is 1.73. The van der Waals surface area contributed by atoms with Gasteiger partial charge in [-0.15, -0.1) is 0 Å². The first-order valence-corrected chi connectivity index (χ1v) is 11.8. The Kier molecular flexibility index (Phi) is 6.73. The van der Waals surface area contributed by atoms with Crippen LogP contribution >= 0.6 is 0 Å². The lowest BCUT2D eigenvalue weighted by Gasteiger charge is -2.43. The smallest absolute Gasteiger partial charge is 0.252 e. The topological polar surface area (TPSA) is 93.3 Å². The third kappa shape index (κ3) is 4.69. The molecular formula is C26H31N5O3. The zero-order valence-electron chi connectivity index (χ0n) is 20.4. The van der Waals surface area contributed by atoms with Crippen LogP contribution in [0.3, 0.4) is 0 Å². The summed E-state index contributed by atoms with van der Waals surface area (Å²) < 4.78 is 13.6. The van der Waals surface area contributed by atoms with Crippen LogP contribution in [0, 0.1) is 17.2 Å². The molecule has 178 valence electrons. The SMILES string of the molecule is CC[C@H]1CN(c2cc(=O)n(C)c3ccc(C#N)nc23)[C@H](C)C[C@H]1Oc1ccc(OC(C)C)cn1. The van der Waals surface area contributed by atoms with E-state index in [0.717, 1.165) is 30.8 Å². The molecule has 3 aromatic heterocycles. The van der Waals surface area contributed by atoms with E-state index in [1.807, 2.05) is 26.0 Å². The van der Waals surface area contributed by atoms with Gasteiger partial charge in [0.1, 0.15) is 29.1 Å². The van der Waals surface area contributed by atoms with Crippen molar-refractivity contribution in [2.75, 3.05) is 11.4 Å². The second kappa shape index (κ2) is 9.72. The number of nitrogens with zero attached hydrogens (tertiary/aromatic N) is 5. The number of pyridine rings is 3. The van der Waals surface area contributed by atoms with Gasteiger partial charge in [-0.25, -0.2) is 9.97 Å². The molecule has 0 saturated carbocycles. The minimum absolute atomic E-state index is 0.000977. The molecule has 8 heteroatoms. The first-order valence-electron chi connectivity index (χ1n) is 11.8. The summed E-state index contributed by atoms with van der Waals surface area (Å²) in [6.07, 6.45) is 3.48. The molecular weight excluding hydrogens is 430 g/mol. The van der Waals surface area contributed by atoms with Gasteiger partial charge < -0.3 is 18.9 Å². The second-order valence-corrected chi connectivity index (χ2v) is 9.16. The largest absolute Gasteiger partial charge is 0.489 e. The number of aromatic nitrogens is 3. The van der Waals surface area contributed by atoms with Crippen molar-refractivity contribution in [1.82, 2.24) is 14.5 Å². The molecule has 34 heavy (non-hydrogen) atoms. The van der Waals surface area contributed by atoms with Gasteiger partial charge in [0.2, 0.25) is 5.88 Å². The molecule has 0 aromatic carbocycles. The van der Waals surface area contributed by atoms with Crippen LogP contribution in [0.5, 0.6) is 11.6 Å². The minimum Gasteiger partial charge on any atom is -0.489 e. The fourth-order valence-corrected chi connectivity index (χ4v) is 4.60. The van der Waals surface area contributed by atoms with Crippen LogP contribution in [0.1, 0.15) is 46.2 Å². The quantitative estimate of drug-likeness (QED) is 0.546. The summed E-state index contributed by atoms with van der Waals surface area (Å²) in [6.45, 7) is 8.96. The van der Waals surface area contributed by atoms with Gasteiger partial charge in [-0.2, -0.15) is 5.26 Å². The van der Waals surface area contributed by atoms with Gasteiger partial charge in [0.25, 0.3) is 5.56 Å². The minimum atomic E-state index is -0.0967. The Morgan fingerprint density at radius 2 is 2.06 bits per heavy atom. The maximum atomic E-state index is 12.7. The fourth-order valence-electron chi connectivity index (χ4n) is 4.60. The highest BCUT2D eigenvalue weighted by molar-refractivity contribution is 5.88. The molecule has 0 bridgehead atoms. The van der Waals surface area contributed by atoms with Crippen molar-refractivity contribution in [2.24, 2.45) is 13.0 Å². The van der Waals surface area contributed by atoms with Gasteiger partial charge in [0.15, 0.2) is 0 Å². The molecule has 0 N–H and O–H groups in total. The second-order valence-electron chi connectivity index (χ2n) is 9.16. The summed E-state index contributed by atoms with van der Waals surface area (Å²) in [4.78, 5) is 23.9. The third-order valence-corrected chi connectivity index (χ3v) is 6.43. The van der Waals surface area contributed by atoms with E-state index in [1.54, 1.807) is 36.0 Å². The van der Waals surface area contributed by atoms with E-state index in [-0.39, 0.29) is 29.7 Å². The van der Waals surface area contributed by atoms with E-state index in [4.69, 9.17) is 9.47 Å². The Labute approximate surface area is 199 Å². The number of anilines is 1. The van der Waals surface area contributed by atoms with E-state index in [1.165, 1.54) is 0 Å². The van der Waals surface area contributed by atoms with Gasteiger partial charge in [0.05, 0.1) is 23.5 Å². The first-order chi connectivity index (χ1) is 16.3. The van der Waals surface area contributed by atoms with Gasteiger partial charge in [0, 0.05) is 44.1 Å². The van der Waals surface area contributed by atoms with Crippen molar-refractivity contribution in [3.63, 3.8) is 0 Å². The fraction of sp³-hybridized carbons (Fsp3) is 0.462. The maximum absolute atomic E-state index is 12.7. The Morgan fingerprint density at radius 3 is 2.71 bits per heavy atom. The lowest BCUT2D eigenvalue weighted by atomic mass is 9.88. The molecule has 1 saturated heterocycles. The van der Waals surface area contributed by atoms with Crippen molar-refractivity contribution >= 4 is 16.7 Å². The lowest BCUT2D eigenvalue weighted by Crippen LogP contribution is -2.50. The molecule has 0 aliphatic carbocycles. The summed E-state index contributed by atoms with van der Waals surface area (Å²) >= 11 is 0. The first kappa shape index (κ1) is 23.6. The molecule has 3 aromatic rings. The van der Waals surface area contributed by atoms with Crippen LogP contribution in [0.25, 0.3) is 11.0 Å². The van der Waals surface area contributed by atoms with E-state index >= 15 is 0 Å². The highest BCUT2D eigenvalue weighted by Crippen LogP contribution is 2.34. The average molecular weight is 462 g/mol. The highest BCUT2D eigenvalue weighted by Gasteiger charge is 2.35. The number of aryl methyl sites for hydroxylation is 1. The molecule has 1 aliphatic rings. The summed E-state index contributed by atoms with van der Waals surface area (Å²) in [5, 5.41) is 9.36. The number of hydrogen-bond acceptors (Lipinski definition) is 7. The monoisotopic (exact) mass is 461 g/mol. The van der Waals surface area contributed by atoms with Crippen molar-refractivity contribution in [2.45, 2.75) is 58.8 Å². The Morgan fingerprint density at radius 1 is 1.26 bits per heavy atom. The number of hydrogen-bond donors (Lipinski definition) is 0. The maximum Gasteiger partial charge on any atom is 0.252 e. The zero-order chi connectivity index (χ0) is 24.4. The van der Waals surface area contributed by atoms with Crippen LogP contribution < -0.4 is 19.9 Å². The lowest BCUT2D eigenvalue weighted by molar-refractivity contribution is 0.0911. The van der Waals surface area contributed by atoms with Gasteiger partial charge in [-0.1, -0.05) is 6.92 Å². The molecule has 0 unspecified atom stereocenters. The van der Waals surface area contributed by atoms with Crippen LogP contribution in [0.2, 0.25) is 0 Å². The van der Waals surface area contributed by atoms with E-state index in [0.29, 0.717) is 22.6 Å². The predicted molar refractivity (Wildman–Crippen MR) is 131 cm³/mol. The van der Waals surface area contributed by atoms with Crippen molar-refractivity contribution < 1.29 is 9.47 Å². The summed E-state index contributed by atoms with van der Waals surface area (Å²) in [6, 6.07) is 11.0. The Balaban J connectivity index is 1.61. The van der Waals surface area contributed by atoms with Crippen LogP contribution in [0.15, 0.2) is 41.3 Å². The molecule has 8 nitrogen and oxygen atoms in total. The predicted octanol–water partition coefficient (Wildman–Crippen LogP) is 4.06. The molecule has 0 radical (unpaired) electrons. The number of nitriles is 1. The van der Waals surface area contributed by atoms with Crippen molar-refractivity contribution in [3.8, 4) is 17.7 Å². The zero-order valence-corrected chi connectivity index (χ0v) is 20.4. The van der Waals surface area contributed by atoms with Crippen molar-refractivity contribution in [3.05, 3.63) is 52.6 Å². The highest BCUT2D eigenvalue weighted by atomic mass is 16.5. The molecule has 4 heterocycles. The summed E-state index contributed by atoms with van der Waals surface area (Å²) in [5.74, 6) is 1.54. The number of fused-ring (bicyclic) bond motifs is 1. The van der Waals surface area contributed by atoms with Crippen molar-refractivity contribution in [1.29, 1.82) is 5.26 Å². The molecule has 1 aliphatic heterocycles. The van der Waals surface area contributed by atoms with E-state index < -0.39 is 0 Å². The molecule has 0 spiro atoms. The molecule has 0 amide bonds. The van der Waals surface area contributed by atoms with E-state index in [2.05, 4.69) is 34.8 Å². The summed E-state index contributed by atoms with van der Waals surface area (Å²) in [5.41, 5.74) is 2.40. The molecule has 1 fully saturated rings. The molecule has 4 rings (SSSR count). The standard InChI is InChI=1S/C26H31N5O3/c1-6-18-15-31(22-12-25(32)30(5)21-9-7-19(13-27)29-26(21)22)17(4)11-23(18)34-24-10-8-20(14-28-24)33-16(2)3/h7-10,12,14,16-18,23H,6,11,15H2,1-5H3/t17-,18+,23-/m1/s1.